The smallest absolute Gasteiger partial charge is 0.319 e. The number of hydrogen-bond donors (Lipinski definition) is 1. The van der Waals surface area contributed by atoms with E-state index in [1.807, 2.05) is 0 Å². The first-order valence-corrected chi connectivity index (χ1v) is 5.20. The van der Waals surface area contributed by atoms with Gasteiger partial charge in [-0.05, 0) is 7.05 Å². The van der Waals surface area contributed by atoms with Crippen molar-refractivity contribution in [2.75, 3.05) is 27.3 Å². The normalized spacial score (nSPS) is 13.6. The lowest BCUT2D eigenvalue weighted by atomic mass is 10.3. The molecule has 0 aliphatic heterocycles. The molecule has 1 atom stereocenters. The maximum atomic E-state index is 12.5. The Morgan fingerprint density at radius 2 is 2.29 bits per heavy atom. The summed E-state index contributed by atoms with van der Waals surface area (Å²) >= 11 is 0. The molecule has 5 nitrogen and oxygen atoms in total. The zero-order chi connectivity index (χ0) is 12.8. The Bertz CT molecular complexity index is 333. The highest BCUT2D eigenvalue weighted by molar-refractivity contribution is 4.92. The molecule has 1 N–H and O–H groups in total. The molecule has 1 unspecified atom stereocenters. The molecule has 0 amide bonds. The fourth-order valence-electron chi connectivity index (χ4n) is 1.55. The first-order valence-electron chi connectivity index (χ1n) is 5.20. The highest BCUT2D eigenvalue weighted by Gasteiger charge is 2.14. The number of methoxy groups -OCH3 is 1. The van der Waals surface area contributed by atoms with Crippen LogP contribution in [0.3, 0.4) is 0 Å². The van der Waals surface area contributed by atoms with Gasteiger partial charge < -0.3 is 9.84 Å². The second-order valence-corrected chi connectivity index (χ2v) is 3.83. The average Bonchev–Trinajstić information content (AvgIpc) is 2.65. The van der Waals surface area contributed by atoms with E-state index >= 15 is 0 Å². The molecule has 0 fully saturated rings. The molecule has 1 heterocycles. The predicted octanol–water partition coefficient (Wildman–Crippen LogP) is 0.717. The minimum absolute atomic E-state index is 0.216. The van der Waals surface area contributed by atoms with E-state index in [-0.39, 0.29) is 19.0 Å². The van der Waals surface area contributed by atoms with Crippen LogP contribution in [-0.2, 0) is 11.3 Å². The van der Waals surface area contributed by atoms with E-state index in [1.54, 1.807) is 11.9 Å². The lowest BCUT2D eigenvalue weighted by molar-refractivity contribution is 0.0380. The third kappa shape index (κ3) is 4.37. The maximum absolute atomic E-state index is 12.5. The largest absolute Gasteiger partial charge is 0.389 e. The number of imidazole rings is 1. The van der Waals surface area contributed by atoms with Gasteiger partial charge in [0.15, 0.2) is 0 Å². The van der Waals surface area contributed by atoms with E-state index in [1.165, 1.54) is 19.5 Å². The van der Waals surface area contributed by atoms with Crippen LogP contribution < -0.4 is 0 Å². The Kier molecular flexibility index (Phi) is 5.46. The summed E-state index contributed by atoms with van der Waals surface area (Å²) in [5.74, 6) is 0.270. The number of aromatic nitrogens is 2. The summed E-state index contributed by atoms with van der Waals surface area (Å²) in [6.07, 6.45) is 1.93. The van der Waals surface area contributed by atoms with Crippen molar-refractivity contribution < 1.29 is 18.6 Å². The van der Waals surface area contributed by atoms with Crippen LogP contribution in [0.4, 0.5) is 8.78 Å². The summed E-state index contributed by atoms with van der Waals surface area (Å²) in [6.45, 7) is -1.79. The second kappa shape index (κ2) is 6.63. The maximum Gasteiger partial charge on any atom is 0.319 e. The Balaban J connectivity index is 2.50. The number of ether oxygens (including phenoxy) is 1. The molecule has 0 saturated carbocycles. The molecule has 17 heavy (non-hydrogen) atoms. The molecule has 1 rings (SSSR count). The monoisotopic (exact) mass is 249 g/mol. The van der Waals surface area contributed by atoms with Gasteiger partial charge >= 0.3 is 6.55 Å². The average molecular weight is 249 g/mol. The molecule has 0 radical (unpaired) electrons. The lowest BCUT2D eigenvalue weighted by Crippen LogP contribution is -2.32. The topological polar surface area (TPSA) is 50.5 Å². The first kappa shape index (κ1) is 14.0. The van der Waals surface area contributed by atoms with E-state index in [2.05, 4.69) is 4.98 Å². The molecule has 0 bridgehead atoms. The predicted molar refractivity (Wildman–Crippen MR) is 57.7 cm³/mol. The van der Waals surface area contributed by atoms with E-state index in [0.717, 1.165) is 4.57 Å². The van der Waals surface area contributed by atoms with Gasteiger partial charge in [0.2, 0.25) is 0 Å². The van der Waals surface area contributed by atoms with Gasteiger partial charge in [-0.2, -0.15) is 8.78 Å². The second-order valence-electron chi connectivity index (χ2n) is 3.83. The first-order chi connectivity index (χ1) is 8.04. The number of nitrogens with zero attached hydrogens (tertiary/aromatic N) is 3. The van der Waals surface area contributed by atoms with Gasteiger partial charge in [-0.15, -0.1) is 0 Å². The molecule has 1 aromatic rings. The minimum Gasteiger partial charge on any atom is -0.389 e. The van der Waals surface area contributed by atoms with Crippen molar-refractivity contribution in [3.05, 3.63) is 18.2 Å². The SMILES string of the molecule is COCC(O)CN(C)Cc1nccn1C(F)F. The summed E-state index contributed by atoms with van der Waals surface area (Å²) in [5.41, 5.74) is 0. The molecule has 0 saturated heterocycles. The van der Waals surface area contributed by atoms with Gasteiger partial charge in [-0.3, -0.25) is 9.47 Å². The van der Waals surface area contributed by atoms with Crippen molar-refractivity contribution in [3.63, 3.8) is 0 Å². The summed E-state index contributed by atoms with van der Waals surface area (Å²) < 4.78 is 30.6. The lowest BCUT2D eigenvalue weighted by Gasteiger charge is -2.20. The van der Waals surface area contributed by atoms with Crippen molar-refractivity contribution in [2.24, 2.45) is 0 Å². The van der Waals surface area contributed by atoms with Crippen LogP contribution >= 0.6 is 0 Å². The van der Waals surface area contributed by atoms with E-state index in [9.17, 15) is 13.9 Å². The molecule has 7 heteroatoms. The van der Waals surface area contributed by atoms with Crippen LogP contribution in [0, 0.1) is 0 Å². The van der Waals surface area contributed by atoms with Gasteiger partial charge in [0.05, 0.1) is 19.3 Å². The van der Waals surface area contributed by atoms with Gasteiger partial charge in [0, 0.05) is 26.0 Å². The van der Waals surface area contributed by atoms with Gasteiger partial charge in [-0.25, -0.2) is 4.98 Å². The van der Waals surface area contributed by atoms with Crippen LogP contribution in [0.5, 0.6) is 0 Å². The number of aliphatic hydroxyl groups excluding tert-OH is 1. The van der Waals surface area contributed by atoms with Gasteiger partial charge in [-0.1, -0.05) is 0 Å². The fourth-order valence-corrected chi connectivity index (χ4v) is 1.55. The number of hydrogen-bond acceptors (Lipinski definition) is 4. The third-order valence-corrected chi connectivity index (χ3v) is 2.25. The molecule has 0 spiro atoms. The molecule has 0 aliphatic carbocycles. The van der Waals surface area contributed by atoms with Crippen LogP contribution in [-0.4, -0.2) is 53.0 Å². The molecular formula is C10H17F2N3O2. The van der Waals surface area contributed by atoms with Gasteiger partial charge in [0.25, 0.3) is 0 Å². The summed E-state index contributed by atoms with van der Waals surface area (Å²) in [5, 5.41) is 9.48. The van der Waals surface area contributed by atoms with Crippen molar-refractivity contribution in [1.29, 1.82) is 0 Å². The zero-order valence-corrected chi connectivity index (χ0v) is 9.88. The number of aliphatic hydroxyl groups is 1. The van der Waals surface area contributed by atoms with Crippen molar-refractivity contribution >= 4 is 0 Å². The summed E-state index contributed by atoms with van der Waals surface area (Å²) in [6, 6.07) is 0. The van der Waals surface area contributed by atoms with Crippen LogP contribution in [0.25, 0.3) is 0 Å². The van der Waals surface area contributed by atoms with Crippen LogP contribution in [0.2, 0.25) is 0 Å². The van der Waals surface area contributed by atoms with E-state index < -0.39 is 12.7 Å². The Hall–Kier alpha value is -1.05. The van der Waals surface area contributed by atoms with Crippen molar-refractivity contribution in [1.82, 2.24) is 14.5 Å². The molecule has 0 aromatic carbocycles. The molecule has 98 valence electrons. The number of halogens is 2. The van der Waals surface area contributed by atoms with Crippen molar-refractivity contribution in [2.45, 2.75) is 19.2 Å². The molecule has 1 aromatic heterocycles. The van der Waals surface area contributed by atoms with E-state index in [4.69, 9.17) is 4.74 Å². The number of alkyl halides is 2. The highest BCUT2D eigenvalue weighted by Crippen LogP contribution is 2.13. The Morgan fingerprint density at radius 1 is 1.59 bits per heavy atom. The Morgan fingerprint density at radius 3 is 2.88 bits per heavy atom. The summed E-state index contributed by atoms with van der Waals surface area (Å²) in [7, 11) is 3.22. The fraction of sp³-hybridized carbons (Fsp3) is 0.700. The van der Waals surface area contributed by atoms with E-state index in [0.29, 0.717) is 6.54 Å². The third-order valence-electron chi connectivity index (χ3n) is 2.25. The molecule has 0 aliphatic rings. The number of likely N-dealkylation sites (N-methyl/N-ethyl adjacent to an activating group) is 1. The van der Waals surface area contributed by atoms with Crippen molar-refractivity contribution in [3.8, 4) is 0 Å². The number of rotatable bonds is 7. The van der Waals surface area contributed by atoms with Gasteiger partial charge in [0.1, 0.15) is 5.82 Å². The summed E-state index contributed by atoms with van der Waals surface area (Å²) in [4.78, 5) is 5.57. The quantitative estimate of drug-likeness (QED) is 0.773. The molecular weight excluding hydrogens is 232 g/mol. The minimum atomic E-state index is -2.59. The van der Waals surface area contributed by atoms with Crippen LogP contribution in [0.1, 0.15) is 12.4 Å². The van der Waals surface area contributed by atoms with Crippen LogP contribution in [0.15, 0.2) is 12.4 Å². The zero-order valence-electron chi connectivity index (χ0n) is 9.88. The Labute approximate surface area is 98.6 Å². The highest BCUT2D eigenvalue weighted by atomic mass is 19.3. The standard InChI is InChI=1S/C10H17F2N3O2/c1-14(5-8(16)7-17-2)6-9-13-3-4-15(9)10(11)12/h3-4,8,10,16H,5-7H2,1-2H3.